The Morgan fingerprint density at radius 2 is 1.93 bits per heavy atom. The van der Waals surface area contributed by atoms with Crippen molar-refractivity contribution in [3.05, 3.63) is 36.0 Å². The summed E-state index contributed by atoms with van der Waals surface area (Å²) in [5.41, 5.74) is 2.07. The molecule has 5 nitrogen and oxygen atoms in total. The number of aliphatic hydroxyl groups is 2. The van der Waals surface area contributed by atoms with E-state index in [1.807, 2.05) is 13.0 Å². The normalized spacial score (nSPS) is 14.5. The van der Waals surface area contributed by atoms with Gasteiger partial charge >= 0.3 is 0 Å². The Kier molecular flexibility index (Phi) is 17.0. The highest BCUT2D eigenvalue weighted by molar-refractivity contribution is 5.79. The molecule has 2 unspecified atom stereocenters. The highest BCUT2D eigenvalue weighted by atomic mass is 16.3. The second kappa shape index (κ2) is 17.8. The van der Waals surface area contributed by atoms with Crippen molar-refractivity contribution in [2.45, 2.75) is 66.0 Å². The van der Waals surface area contributed by atoms with Crippen LogP contribution in [0.4, 0.5) is 0 Å². The molecule has 0 saturated carbocycles. The zero-order valence-corrected chi connectivity index (χ0v) is 18.5. The summed E-state index contributed by atoms with van der Waals surface area (Å²) in [6.45, 7) is 15.9. The highest BCUT2D eigenvalue weighted by Crippen LogP contribution is 2.16. The third kappa shape index (κ3) is 13.8. The molecule has 0 aromatic heterocycles. The molecule has 0 fully saturated rings. The van der Waals surface area contributed by atoms with Crippen LogP contribution in [0, 0.1) is 5.92 Å². The van der Waals surface area contributed by atoms with Crippen LogP contribution < -0.4 is 5.32 Å². The average Bonchev–Trinajstić information content (AvgIpc) is 2.68. The largest absolute Gasteiger partial charge is 0.375 e. The van der Waals surface area contributed by atoms with Crippen LogP contribution in [0.5, 0.6) is 0 Å². The van der Waals surface area contributed by atoms with E-state index in [9.17, 15) is 5.11 Å². The number of hydrogen-bond donors (Lipinski definition) is 3. The topological polar surface area (TPSA) is 68.1 Å². The van der Waals surface area contributed by atoms with Crippen LogP contribution in [0.3, 0.4) is 0 Å². The van der Waals surface area contributed by atoms with E-state index in [4.69, 9.17) is 5.11 Å². The Balaban J connectivity index is 4.17. The minimum Gasteiger partial charge on any atom is -0.375 e. The summed E-state index contributed by atoms with van der Waals surface area (Å²) < 4.78 is 0. The first-order chi connectivity index (χ1) is 13.5. The van der Waals surface area contributed by atoms with Gasteiger partial charge in [-0.05, 0) is 58.5 Å². The number of nitrogens with one attached hydrogen (secondary N) is 1. The van der Waals surface area contributed by atoms with Gasteiger partial charge in [-0.3, -0.25) is 10.3 Å². The maximum atomic E-state index is 10.3. The van der Waals surface area contributed by atoms with Gasteiger partial charge < -0.3 is 15.1 Å². The Bertz CT molecular complexity index is 482. The maximum absolute atomic E-state index is 10.3. The van der Waals surface area contributed by atoms with Crippen molar-refractivity contribution in [3.63, 3.8) is 0 Å². The molecule has 0 aliphatic carbocycles. The summed E-state index contributed by atoms with van der Waals surface area (Å²) in [6.07, 6.45) is 12.6. The Morgan fingerprint density at radius 3 is 2.50 bits per heavy atom. The van der Waals surface area contributed by atoms with Gasteiger partial charge in [-0.25, -0.2) is 0 Å². The summed E-state index contributed by atoms with van der Waals surface area (Å²) in [5.74, 6) is 0.575. The zero-order chi connectivity index (χ0) is 21.2. The zero-order valence-electron chi connectivity index (χ0n) is 18.5. The number of aliphatic hydroxyl groups excluding tert-OH is 2. The molecule has 0 aliphatic rings. The fourth-order valence-corrected chi connectivity index (χ4v) is 2.98. The number of unbranched alkanes of at least 4 members (excludes halogenated alkanes) is 1. The maximum Gasteiger partial charge on any atom is 0.134 e. The molecule has 0 aromatic carbocycles. The first-order valence-electron chi connectivity index (χ1n) is 10.7. The molecule has 0 radical (unpaired) electrons. The molecule has 0 spiro atoms. The van der Waals surface area contributed by atoms with Gasteiger partial charge in [0.1, 0.15) is 13.0 Å². The van der Waals surface area contributed by atoms with Gasteiger partial charge in [0.05, 0.1) is 0 Å². The van der Waals surface area contributed by atoms with Gasteiger partial charge in [0.25, 0.3) is 0 Å². The molecule has 28 heavy (non-hydrogen) atoms. The van der Waals surface area contributed by atoms with Crippen molar-refractivity contribution >= 4 is 6.21 Å². The van der Waals surface area contributed by atoms with E-state index in [2.05, 4.69) is 54.7 Å². The van der Waals surface area contributed by atoms with Gasteiger partial charge in [-0.1, -0.05) is 44.1 Å². The van der Waals surface area contributed by atoms with Crippen molar-refractivity contribution < 1.29 is 10.2 Å². The monoisotopic (exact) mass is 393 g/mol. The van der Waals surface area contributed by atoms with Crippen LogP contribution in [-0.2, 0) is 0 Å². The second-order valence-corrected chi connectivity index (χ2v) is 7.37. The molecule has 5 heteroatoms. The molecular formula is C23H43N3O2. The van der Waals surface area contributed by atoms with Gasteiger partial charge in [0.15, 0.2) is 0 Å². The number of allylic oxidation sites excluding steroid dienone is 4. The lowest BCUT2D eigenvalue weighted by Gasteiger charge is -2.22. The quantitative estimate of drug-likeness (QED) is 0.152. The second-order valence-electron chi connectivity index (χ2n) is 7.37. The van der Waals surface area contributed by atoms with E-state index in [0.717, 1.165) is 32.5 Å². The standard InChI is InChI=1S/C23H43N3O2/c1-6-11-22(18-24-19-27)23(28)25-15-17-26(8-3)16-10-9-12-21(7-2)14-13-20(4)5/h7,11,13,18,21,23,25,27-28H,2,6,8-10,12,14-17,19H2,1,3-5H3/b22-11+,24-18-. The lowest BCUT2D eigenvalue weighted by atomic mass is 9.97. The molecule has 0 aromatic rings. The molecular weight excluding hydrogens is 350 g/mol. The van der Waals surface area contributed by atoms with Gasteiger partial charge in [0.2, 0.25) is 0 Å². The van der Waals surface area contributed by atoms with Crippen LogP contribution >= 0.6 is 0 Å². The molecule has 0 rings (SSSR count). The number of nitrogens with zero attached hydrogens (tertiary/aromatic N) is 2. The number of likely N-dealkylation sites (N-methyl/N-ethyl adjacent to an activating group) is 1. The van der Waals surface area contributed by atoms with Crippen LogP contribution in [0.2, 0.25) is 0 Å². The van der Waals surface area contributed by atoms with E-state index >= 15 is 0 Å². The Morgan fingerprint density at radius 1 is 1.18 bits per heavy atom. The first kappa shape index (κ1) is 26.7. The predicted molar refractivity (Wildman–Crippen MR) is 122 cm³/mol. The number of hydrogen-bond acceptors (Lipinski definition) is 5. The highest BCUT2D eigenvalue weighted by Gasteiger charge is 2.09. The summed E-state index contributed by atoms with van der Waals surface area (Å²) in [4.78, 5) is 6.21. The van der Waals surface area contributed by atoms with Crippen LogP contribution in [0.15, 0.2) is 40.9 Å². The molecule has 0 amide bonds. The van der Waals surface area contributed by atoms with Gasteiger partial charge in [-0.2, -0.15) is 0 Å². The minimum absolute atomic E-state index is 0.265. The third-order valence-electron chi connectivity index (χ3n) is 4.75. The van der Waals surface area contributed by atoms with E-state index in [0.29, 0.717) is 18.0 Å². The molecule has 0 heterocycles. The first-order valence-corrected chi connectivity index (χ1v) is 10.7. The summed E-state index contributed by atoms with van der Waals surface area (Å²) >= 11 is 0. The van der Waals surface area contributed by atoms with Crippen molar-refractivity contribution in [3.8, 4) is 0 Å². The summed E-state index contributed by atoms with van der Waals surface area (Å²) in [5, 5.41) is 22.2. The fraction of sp³-hybridized carbons (Fsp3) is 0.696. The fourth-order valence-electron chi connectivity index (χ4n) is 2.98. The van der Waals surface area contributed by atoms with E-state index in [1.165, 1.54) is 31.1 Å². The molecule has 162 valence electrons. The van der Waals surface area contributed by atoms with Crippen LogP contribution in [0.25, 0.3) is 0 Å². The van der Waals surface area contributed by atoms with Crippen molar-refractivity contribution in [1.29, 1.82) is 0 Å². The Labute approximate surface area is 172 Å². The van der Waals surface area contributed by atoms with Crippen LogP contribution in [-0.4, -0.2) is 60.5 Å². The molecule has 3 N–H and O–H groups in total. The van der Waals surface area contributed by atoms with E-state index in [-0.39, 0.29) is 6.73 Å². The SMILES string of the molecule is C=CC(CC=C(C)C)CCCCN(CC)CCNC(O)C(/C=N\CO)=C/CC. The van der Waals surface area contributed by atoms with Crippen molar-refractivity contribution in [2.75, 3.05) is 32.9 Å². The number of rotatable bonds is 17. The van der Waals surface area contributed by atoms with Gasteiger partial charge in [0, 0.05) is 24.9 Å². The minimum atomic E-state index is -0.752. The summed E-state index contributed by atoms with van der Waals surface area (Å²) in [7, 11) is 0. The lowest BCUT2D eigenvalue weighted by Crippen LogP contribution is -2.38. The van der Waals surface area contributed by atoms with Crippen molar-refractivity contribution in [2.24, 2.45) is 10.9 Å². The smallest absolute Gasteiger partial charge is 0.134 e. The third-order valence-corrected chi connectivity index (χ3v) is 4.75. The summed E-state index contributed by atoms with van der Waals surface area (Å²) in [6, 6.07) is 0. The van der Waals surface area contributed by atoms with E-state index < -0.39 is 6.23 Å². The van der Waals surface area contributed by atoms with Crippen molar-refractivity contribution in [1.82, 2.24) is 10.2 Å². The Hall–Kier alpha value is -1.27. The van der Waals surface area contributed by atoms with Gasteiger partial charge in [-0.15, -0.1) is 6.58 Å². The van der Waals surface area contributed by atoms with Crippen LogP contribution in [0.1, 0.15) is 59.8 Å². The molecule has 2 atom stereocenters. The predicted octanol–water partition coefficient (Wildman–Crippen LogP) is 3.90. The molecule has 0 saturated heterocycles. The molecule has 0 aliphatic heterocycles. The molecule has 0 bridgehead atoms. The average molecular weight is 394 g/mol. The van der Waals surface area contributed by atoms with E-state index in [1.54, 1.807) is 0 Å². The number of aliphatic imine (C=N–C) groups is 1. The lowest BCUT2D eigenvalue weighted by molar-refractivity contribution is 0.169.